The molecule has 3 N–H and O–H groups in total. The molecule has 1 aromatic carbocycles. The second-order valence-electron chi connectivity index (χ2n) is 4.09. The van der Waals surface area contributed by atoms with Crippen LogP contribution in [-0.2, 0) is 4.79 Å². The highest BCUT2D eigenvalue weighted by atomic mass is 16.2. The van der Waals surface area contributed by atoms with Gasteiger partial charge in [0.1, 0.15) is 0 Å². The van der Waals surface area contributed by atoms with Crippen LogP contribution in [0.25, 0.3) is 0 Å². The summed E-state index contributed by atoms with van der Waals surface area (Å²) in [4.78, 5) is 23.0. The molecule has 4 nitrogen and oxygen atoms in total. The van der Waals surface area contributed by atoms with Crippen molar-refractivity contribution in [3.05, 3.63) is 29.8 Å². The Hall–Kier alpha value is -1.84. The summed E-state index contributed by atoms with van der Waals surface area (Å²) in [7, 11) is 0. The second kappa shape index (κ2) is 6.03. The molecule has 0 fully saturated rings. The molecule has 0 aliphatic carbocycles. The van der Waals surface area contributed by atoms with E-state index in [0.717, 1.165) is 12.8 Å². The Bertz CT molecular complexity index is 416. The van der Waals surface area contributed by atoms with E-state index >= 15 is 0 Å². The third-order valence-corrected chi connectivity index (χ3v) is 2.62. The van der Waals surface area contributed by atoms with E-state index in [9.17, 15) is 9.59 Å². The molecule has 1 atom stereocenters. The van der Waals surface area contributed by atoms with Gasteiger partial charge in [-0.2, -0.15) is 0 Å². The lowest BCUT2D eigenvalue weighted by Gasteiger charge is -2.12. The molecule has 2 amide bonds. The Kier molecular flexibility index (Phi) is 4.69. The van der Waals surface area contributed by atoms with E-state index in [1.54, 1.807) is 24.3 Å². The molecule has 0 saturated carbocycles. The lowest BCUT2D eigenvalue weighted by Crippen LogP contribution is -2.23. The number of hydrogen-bond donors (Lipinski definition) is 2. The van der Waals surface area contributed by atoms with Crippen molar-refractivity contribution in [2.75, 3.05) is 5.32 Å². The van der Waals surface area contributed by atoms with Crippen molar-refractivity contribution in [2.24, 2.45) is 11.7 Å². The third kappa shape index (κ3) is 3.59. The highest BCUT2D eigenvalue weighted by molar-refractivity contribution is 6.03. The molecule has 1 aromatic rings. The number of carbonyl (C=O) groups excluding carboxylic acids is 2. The average molecular weight is 234 g/mol. The number of nitrogens with two attached hydrogens (primary N) is 1. The van der Waals surface area contributed by atoms with Gasteiger partial charge in [-0.05, 0) is 18.6 Å². The summed E-state index contributed by atoms with van der Waals surface area (Å²) < 4.78 is 0. The zero-order valence-corrected chi connectivity index (χ0v) is 10.2. The minimum absolute atomic E-state index is 0.0686. The molecule has 17 heavy (non-hydrogen) atoms. The molecule has 92 valence electrons. The highest BCUT2D eigenvalue weighted by Gasteiger charge is 2.14. The molecule has 0 unspecified atom stereocenters. The number of hydrogen-bond acceptors (Lipinski definition) is 2. The Morgan fingerprint density at radius 2 is 2.00 bits per heavy atom. The van der Waals surface area contributed by atoms with Crippen LogP contribution in [0.15, 0.2) is 24.3 Å². The van der Waals surface area contributed by atoms with Crippen LogP contribution in [0.1, 0.15) is 37.0 Å². The van der Waals surface area contributed by atoms with Crippen molar-refractivity contribution in [3.63, 3.8) is 0 Å². The monoisotopic (exact) mass is 234 g/mol. The standard InChI is InChI=1S/C13H18N2O2/c1-3-6-9(2)13(17)15-11-8-5-4-7-10(11)12(14)16/h4-5,7-9H,3,6H2,1-2H3,(H2,14,16)(H,15,17)/t9-/m1/s1. The summed E-state index contributed by atoms with van der Waals surface area (Å²) in [5.74, 6) is -0.689. The Balaban J connectivity index is 2.81. The lowest BCUT2D eigenvalue weighted by molar-refractivity contribution is -0.119. The maximum Gasteiger partial charge on any atom is 0.250 e. The summed E-state index contributed by atoms with van der Waals surface area (Å²) in [6, 6.07) is 6.75. The molecular formula is C13H18N2O2. The molecule has 1 rings (SSSR count). The third-order valence-electron chi connectivity index (χ3n) is 2.62. The molecular weight excluding hydrogens is 216 g/mol. The van der Waals surface area contributed by atoms with E-state index in [1.807, 2.05) is 13.8 Å². The topological polar surface area (TPSA) is 72.2 Å². The first-order valence-corrected chi connectivity index (χ1v) is 5.76. The van der Waals surface area contributed by atoms with Gasteiger partial charge in [0.2, 0.25) is 5.91 Å². The largest absolute Gasteiger partial charge is 0.366 e. The average Bonchev–Trinajstić information content (AvgIpc) is 2.29. The Morgan fingerprint density at radius 1 is 1.35 bits per heavy atom. The number of rotatable bonds is 5. The quantitative estimate of drug-likeness (QED) is 0.819. The van der Waals surface area contributed by atoms with Crippen molar-refractivity contribution >= 4 is 17.5 Å². The van der Waals surface area contributed by atoms with Crippen LogP contribution in [0, 0.1) is 5.92 Å². The van der Waals surface area contributed by atoms with Gasteiger partial charge in [0.15, 0.2) is 0 Å². The number of para-hydroxylation sites is 1. The van der Waals surface area contributed by atoms with Crippen LogP contribution >= 0.6 is 0 Å². The van der Waals surface area contributed by atoms with Crippen molar-refractivity contribution in [3.8, 4) is 0 Å². The van der Waals surface area contributed by atoms with Gasteiger partial charge in [0.05, 0.1) is 11.3 Å². The predicted molar refractivity (Wildman–Crippen MR) is 67.7 cm³/mol. The SMILES string of the molecule is CCC[C@@H](C)C(=O)Nc1ccccc1C(N)=O. The molecule has 4 heteroatoms. The second-order valence-corrected chi connectivity index (χ2v) is 4.09. The Morgan fingerprint density at radius 3 is 2.59 bits per heavy atom. The van der Waals surface area contributed by atoms with E-state index in [4.69, 9.17) is 5.73 Å². The molecule has 0 saturated heterocycles. The van der Waals surface area contributed by atoms with Crippen LogP contribution in [0.4, 0.5) is 5.69 Å². The fourth-order valence-corrected chi connectivity index (χ4v) is 1.63. The van der Waals surface area contributed by atoms with Crippen LogP contribution < -0.4 is 11.1 Å². The molecule has 0 radical (unpaired) electrons. The minimum atomic E-state index is -0.538. The first kappa shape index (κ1) is 13.2. The zero-order valence-electron chi connectivity index (χ0n) is 10.2. The minimum Gasteiger partial charge on any atom is -0.366 e. The van der Waals surface area contributed by atoms with E-state index in [2.05, 4.69) is 5.32 Å². The van der Waals surface area contributed by atoms with Gasteiger partial charge in [-0.25, -0.2) is 0 Å². The van der Waals surface area contributed by atoms with Crippen molar-refractivity contribution in [1.82, 2.24) is 0 Å². The number of carbonyl (C=O) groups is 2. The number of benzene rings is 1. The van der Waals surface area contributed by atoms with Gasteiger partial charge >= 0.3 is 0 Å². The normalized spacial score (nSPS) is 11.9. The van der Waals surface area contributed by atoms with E-state index in [-0.39, 0.29) is 11.8 Å². The van der Waals surface area contributed by atoms with Crippen LogP contribution in [-0.4, -0.2) is 11.8 Å². The lowest BCUT2D eigenvalue weighted by atomic mass is 10.0. The van der Waals surface area contributed by atoms with Crippen molar-refractivity contribution < 1.29 is 9.59 Å². The molecule has 0 aliphatic rings. The number of anilines is 1. The smallest absolute Gasteiger partial charge is 0.250 e. The van der Waals surface area contributed by atoms with Gasteiger partial charge < -0.3 is 11.1 Å². The van der Waals surface area contributed by atoms with E-state index in [1.165, 1.54) is 0 Å². The van der Waals surface area contributed by atoms with Gasteiger partial charge in [-0.1, -0.05) is 32.4 Å². The van der Waals surface area contributed by atoms with Gasteiger partial charge in [0.25, 0.3) is 5.91 Å². The van der Waals surface area contributed by atoms with Crippen molar-refractivity contribution in [2.45, 2.75) is 26.7 Å². The summed E-state index contributed by atoms with van der Waals surface area (Å²) in [6.07, 6.45) is 1.77. The zero-order chi connectivity index (χ0) is 12.8. The predicted octanol–water partition coefficient (Wildman–Crippen LogP) is 2.16. The molecule has 0 aromatic heterocycles. The van der Waals surface area contributed by atoms with E-state index in [0.29, 0.717) is 11.3 Å². The van der Waals surface area contributed by atoms with Crippen molar-refractivity contribution in [1.29, 1.82) is 0 Å². The Labute approximate surface area is 101 Å². The molecule has 0 spiro atoms. The number of primary amides is 1. The highest BCUT2D eigenvalue weighted by Crippen LogP contribution is 2.16. The molecule has 0 aliphatic heterocycles. The van der Waals surface area contributed by atoms with Crippen LogP contribution in [0.3, 0.4) is 0 Å². The maximum absolute atomic E-state index is 11.8. The first-order chi connectivity index (χ1) is 8.06. The molecule has 0 heterocycles. The summed E-state index contributed by atoms with van der Waals surface area (Å²) in [5, 5.41) is 2.74. The number of amides is 2. The maximum atomic E-state index is 11.8. The molecule has 0 bridgehead atoms. The van der Waals surface area contributed by atoms with Gasteiger partial charge in [-0.3, -0.25) is 9.59 Å². The summed E-state index contributed by atoms with van der Waals surface area (Å²) >= 11 is 0. The van der Waals surface area contributed by atoms with Gasteiger partial charge in [-0.15, -0.1) is 0 Å². The van der Waals surface area contributed by atoms with E-state index < -0.39 is 5.91 Å². The first-order valence-electron chi connectivity index (χ1n) is 5.76. The fourth-order valence-electron chi connectivity index (χ4n) is 1.63. The van der Waals surface area contributed by atoms with Gasteiger partial charge in [0, 0.05) is 5.92 Å². The summed E-state index contributed by atoms with van der Waals surface area (Å²) in [6.45, 7) is 3.90. The fraction of sp³-hybridized carbons (Fsp3) is 0.385. The number of nitrogens with one attached hydrogen (secondary N) is 1. The summed E-state index contributed by atoms with van der Waals surface area (Å²) in [5.41, 5.74) is 6.05. The van der Waals surface area contributed by atoms with Crippen LogP contribution in [0.5, 0.6) is 0 Å². The van der Waals surface area contributed by atoms with Crippen LogP contribution in [0.2, 0.25) is 0 Å².